The molecule has 0 aliphatic heterocycles. The maximum absolute atomic E-state index is 6.09. The summed E-state index contributed by atoms with van der Waals surface area (Å²) in [5.74, 6) is 1.28. The Morgan fingerprint density at radius 1 is 1.30 bits per heavy atom. The lowest BCUT2D eigenvalue weighted by Gasteiger charge is -2.36. The first kappa shape index (κ1) is 14.8. The number of fused-ring (bicyclic) bond motifs is 4. The lowest BCUT2D eigenvalue weighted by atomic mass is 9.69. The van der Waals surface area contributed by atoms with E-state index < -0.39 is 0 Å². The van der Waals surface area contributed by atoms with E-state index in [2.05, 4.69) is 36.8 Å². The van der Waals surface area contributed by atoms with Crippen LogP contribution in [-0.2, 0) is 12.8 Å². The zero-order valence-corrected chi connectivity index (χ0v) is 14.7. The van der Waals surface area contributed by atoms with Crippen LogP contribution in [0.5, 0.6) is 0 Å². The normalized spacial score (nSPS) is 18.5. The molecule has 0 aromatic carbocycles. The third-order valence-corrected chi connectivity index (χ3v) is 6.68. The molecule has 5 heteroatoms. The average Bonchev–Trinajstić information content (AvgIpc) is 2.90. The van der Waals surface area contributed by atoms with E-state index >= 15 is 0 Å². The minimum Gasteiger partial charge on any atom is -0.383 e. The lowest BCUT2D eigenvalue weighted by Crippen LogP contribution is -2.29. The predicted octanol–water partition coefficient (Wildman–Crippen LogP) is 4.36. The van der Waals surface area contributed by atoms with Crippen molar-refractivity contribution in [1.82, 2.24) is 15.0 Å². The van der Waals surface area contributed by atoms with Crippen molar-refractivity contribution >= 4 is 37.6 Å². The monoisotopic (exact) mass is 326 g/mol. The highest BCUT2D eigenvalue weighted by Gasteiger charge is 2.32. The van der Waals surface area contributed by atoms with Gasteiger partial charge in [-0.05, 0) is 42.2 Å². The smallest absolute Gasteiger partial charge is 0.136 e. The van der Waals surface area contributed by atoms with Gasteiger partial charge in [-0.25, -0.2) is 15.0 Å². The average molecular weight is 326 g/mol. The molecule has 3 aromatic rings. The molecule has 0 saturated carbocycles. The van der Waals surface area contributed by atoms with Gasteiger partial charge in [-0.1, -0.05) is 38.5 Å². The van der Waals surface area contributed by atoms with Gasteiger partial charge in [0.15, 0.2) is 0 Å². The number of thiophene rings is 1. The molecule has 0 radical (unpaired) electrons. The number of hydrogen-bond acceptors (Lipinski definition) is 5. The van der Waals surface area contributed by atoms with Crippen LogP contribution < -0.4 is 5.73 Å². The Kier molecular flexibility index (Phi) is 3.30. The molecule has 4 nitrogen and oxygen atoms in total. The van der Waals surface area contributed by atoms with E-state index in [9.17, 15) is 0 Å². The van der Waals surface area contributed by atoms with Gasteiger partial charge in [0.25, 0.3) is 0 Å². The number of nitrogens with zero attached hydrogens (tertiary/aromatic N) is 3. The van der Waals surface area contributed by atoms with E-state index in [0.717, 1.165) is 39.2 Å². The van der Waals surface area contributed by atoms with E-state index in [1.807, 2.05) is 0 Å². The second-order valence-electron chi connectivity index (χ2n) is 7.27. The van der Waals surface area contributed by atoms with E-state index in [-0.39, 0.29) is 0 Å². The van der Waals surface area contributed by atoms with Crippen molar-refractivity contribution in [3.8, 4) is 0 Å². The molecule has 1 atom stereocenters. The van der Waals surface area contributed by atoms with Crippen LogP contribution in [0.25, 0.3) is 20.4 Å². The van der Waals surface area contributed by atoms with Gasteiger partial charge in [-0.15, -0.1) is 0 Å². The number of hydrogen-bond donors (Lipinski definition) is 1. The van der Waals surface area contributed by atoms with Crippen LogP contribution in [0.15, 0.2) is 12.4 Å². The molecule has 0 spiro atoms. The minimum atomic E-state index is 0.380. The molecule has 4 rings (SSSR count). The molecule has 120 valence electrons. The van der Waals surface area contributed by atoms with Gasteiger partial charge in [-0.3, -0.25) is 0 Å². The van der Waals surface area contributed by atoms with Crippen LogP contribution in [0, 0.1) is 11.3 Å². The van der Waals surface area contributed by atoms with Crippen LogP contribution >= 0.6 is 11.3 Å². The summed E-state index contributed by atoms with van der Waals surface area (Å²) in [6.45, 7) is 7.07. The van der Waals surface area contributed by atoms with Crippen molar-refractivity contribution in [2.75, 3.05) is 5.73 Å². The number of nitrogen functional groups attached to an aromatic ring is 1. The summed E-state index contributed by atoms with van der Waals surface area (Å²) in [5.41, 5.74) is 9.12. The van der Waals surface area contributed by atoms with Gasteiger partial charge >= 0.3 is 0 Å². The summed E-state index contributed by atoms with van der Waals surface area (Å²) in [6, 6.07) is 2.30. The van der Waals surface area contributed by atoms with E-state index in [1.54, 1.807) is 11.3 Å². The molecule has 1 aliphatic rings. The van der Waals surface area contributed by atoms with E-state index in [4.69, 9.17) is 10.7 Å². The Hall–Kier alpha value is -1.75. The standard InChI is InChI=1S/C18H22N4S/c1-4-18(2,3)11-5-6-13-10(7-11)8-12-14-15(19)20-9-21-17(14)23-16(12)22-13/h8-9,11H,4-7H2,1-3H3,(H2,19,20,21)/t11-/m1/s1. The molecule has 3 heterocycles. The minimum absolute atomic E-state index is 0.380. The summed E-state index contributed by atoms with van der Waals surface area (Å²) in [6.07, 6.45) is 6.18. The zero-order chi connectivity index (χ0) is 16.2. The molecule has 2 N–H and O–H groups in total. The van der Waals surface area contributed by atoms with Crippen molar-refractivity contribution in [2.24, 2.45) is 11.3 Å². The molecule has 0 bridgehead atoms. The predicted molar refractivity (Wildman–Crippen MR) is 96.7 cm³/mol. The fourth-order valence-corrected chi connectivity index (χ4v) is 4.69. The summed E-state index contributed by atoms with van der Waals surface area (Å²) in [7, 11) is 0. The highest BCUT2D eigenvalue weighted by atomic mass is 32.1. The van der Waals surface area contributed by atoms with Crippen molar-refractivity contribution in [2.45, 2.75) is 46.5 Å². The maximum Gasteiger partial charge on any atom is 0.136 e. The Balaban J connectivity index is 1.86. The highest BCUT2D eigenvalue weighted by molar-refractivity contribution is 7.25. The molecule has 23 heavy (non-hydrogen) atoms. The molecule has 0 amide bonds. The quantitative estimate of drug-likeness (QED) is 0.760. The van der Waals surface area contributed by atoms with Crippen molar-refractivity contribution < 1.29 is 0 Å². The molecular weight excluding hydrogens is 304 g/mol. The first-order valence-electron chi connectivity index (χ1n) is 8.31. The molecule has 0 fully saturated rings. The van der Waals surface area contributed by atoms with Crippen molar-refractivity contribution in [1.29, 1.82) is 0 Å². The Bertz CT molecular complexity index is 897. The Labute approximate surface area is 140 Å². The molecule has 3 aromatic heterocycles. The zero-order valence-electron chi connectivity index (χ0n) is 13.9. The number of nitrogens with two attached hydrogens (primary N) is 1. The van der Waals surface area contributed by atoms with Gasteiger partial charge in [0.1, 0.15) is 21.8 Å². The maximum atomic E-state index is 6.09. The van der Waals surface area contributed by atoms with Crippen LogP contribution in [0.4, 0.5) is 5.82 Å². The van der Waals surface area contributed by atoms with Crippen LogP contribution in [0.2, 0.25) is 0 Å². The second-order valence-corrected chi connectivity index (χ2v) is 8.25. The molecule has 0 unspecified atom stereocenters. The van der Waals surface area contributed by atoms with Gasteiger partial charge in [-0.2, -0.15) is 0 Å². The summed E-state index contributed by atoms with van der Waals surface area (Å²) in [5, 5.41) is 2.09. The number of pyridine rings is 1. The fourth-order valence-electron chi connectivity index (χ4n) is 3.66. The highest BCUT2D eigenvalue weighted by Crippen LogP contribution is 2.42. The van der Waals surface area contributed by atoms with Gasteiger partial charge in [0, 0.05) is 11.1 Å². The first-order chi connectivity index (χ1) is 11.0. The summed E-state index contributed by atoms with van der Waals surface area (Å²) < 4.78 is 0. The van der Waals surface area contributed by atoms with Crippen molar-refractivity contribution in [3.63, 3.8) is 0 Å². The third kappa shape index (κ3) is 2.29. The van der Waals surface area contributed by atoms with E-state index in [1.165, 1.54) is 30.4 Å². The number of aryl methyl sites for hydroxylation is 1. The van der Waals surface area contributed by atoms with Crippen LogP contribution in [0.3, 0.4) is 0 Å². The molecular formula is C18H22N4S. The van der Waals surface area contributed by atoms with Gasteiger partial charge < -0.3 is 5.73 Å². The largest absolute Gasteiger partial charge is 0.383 e. The summed E-state index contributed by atoms with van der Waals surface area (Å²) in [4.78, 5) is 15.4. The molecule has 1 aliphatic carbocycles. The second kappa shape index (κ2) is 5.13. The topological polar surface area (TPSA) is 64.7 Å². The van der Waals surface area contributed by atoms with Gasteiger partial charge in [0.2, 0.25) is 0 Å². The van der Waals surface area contributed by atoms with Crippen molar-refractivity contribution in [3.05, 3.63) is 23.7 Å². The third-order valence-electron chi connectivity index (χ3n) is 5.67. The Morgan fingerprint density at radius 2 is 2.13 bits per heavy atom. The van der Waals surface area contributed by atoms with Crippen LogP contribution in [-0.4, -0.2) is 15.0 Å². The van der Waals surface area contributed by atoms with Crippen LogP contribution in [0.1, 0.15) is 44.9 Å². The van der Waals surface area contributed by atoms with E-state index in [0.29, 0.717) is 11.2 Å². The summed E-state index contributed by atoms with van der Waals surface area (Å²) >= 11 is 1.62. The Morgan fingerprint density at radius 3 is 2.91 bits per heavy atom. The molecule has 0 saturated heterocycles. The number of aromatic nitrogens is 3. The number of anilines is 1. The lowest BCUT2D eigenvalue weighted by molar-refractivity contribution is 0.182. The SMILES string of the molecule is CCC(C)(C)[C@@H]1CCc2nc3sc4ncnc(N)c4c3cc2C1. The number of rotatable bonds is 2. The first-order valence-corrected chi connectivity index (χ1v) is 9.12. The fraction of sp³-hybridized carbons (Fsp3) is 0.500. The van der Waals surface area contributed by atoms with Gasteiger partial charge in [0.05, 0.1) is 5.39 Å².